The summed E-state index contributed by atoms with van der Waals surface area (Å²) in [5, 5.41) is 3.80. The maximum absolute atomic E-state index is 10.8. The van der Waals surface area contributed by atoms with Crippen LogP contribution in [0.25, 0.3) is 0 Å². The monoisotopic (exact) mass is 189 g/mol. The highest BCUT2D eigenvalue weighted by molar-refractivity contribution is 8.13. The summed E-state index contributed by atoms with van der Waals surface area (Å²) in [4.78, 5) is 31.7. The lowest BCUT2D eigenvalue weighted by Gasteiger charge is -2.02. The fraction of sp³-hybridized carbons (Fsp3) is 0.400. The Bertz CT molecular complexity index is 242. The molecule has 1 heterocycles. The predicted molar refractivity (Wildman–Crippen MR) is 42.5 cm³/mol. The van der Waals surface area contributed by atoms with E-state index in [4.69, 9.17) is 5.73 Å². The molecular weight excluding hydrogens is 182 g/mol. The van der Waals surface area contributed by atoms with Gasteiger partial charge in [0.05, 0.1) is 0 Å². The van der Waals surface area contributed by atoms with E-state index in [1.54, 1.807) is 0 Å². The van der Waals surface area contributed by atoms with Gasteiger partial charge in [0.25, 0.3) is 11.1 Å². The third-order valence-electron chi connectivity index (χ3n) is 1.25. The summed E-state index contributed by atoms with van der Waals surface area (Å²) in [6.07, 6.45) is 0. The average molecular weight is 189 g/mol. The Kier molecular flexibility index (Phi) is 2.54. The van der Waals surface area contributed by atoms with Gasteiger partial charge in [-0.1, -0.05) is 11.8 Å². The van der Waals surface area contributed by atoms with Crippen molar-refractivity contribution in [2.75, 3.05) is 5.75 Å². The third-order valence-corrected chi connectivity index (χ3v) is 2.04. The molecule has 4 amide bonds. The van der Waals surface area contributed by atoms with Crippen molar-refractivity contribution in [3.05, 3.63) is 0 Å². The first-order valence-corrected chi connectivity index (χ1v) is 4.12. The van der Waals surface area contributed by atoms with Crippen LogP contribution in [0.1, 0.15) is 0 Å². The molecule has 12 heavy (non-hydrogen) atoms. The minimum absolute atomic E-state index is 0.174. The number of carbonyl (C=O) groups is 3. The van der Waals surface area contributed by atoms with Crippen LogP contribution in [0.2, 0.25) is 0 Å². The van der Waals surface area contributed by atoms with Crippen LogP contribution in [-0.4, -0.2) is 29.0 Å². The highest BCUT2D eigenvalue weighted by Crippen LogP contribution is 2.04. The van der Waals surface area contributed by atoms with Crippen LogP contribution in [0.3, 0.4) is 0 Å². The van der Waals surface area contributed by atoms with Gasteiger partial charge in [0, 0.05) is 5.75 Å². The molecule has 0 spiro atoms. The Hall–Kier alpha value is -1.24. The van der Waals surface area contributed by atoms with Crippen molar-refractivity contribution in [3.8, 4) is 0 Å². The number of primary amides is 1. The standard InChI is InChI=1S/C5H7N3O3S/c6-4(10)12-1-2-3(9)8-5(11)7-2/h2H,1H2,(H2,6,10)(H2,7,8,9,11)/t2-/m0/s1. The van der Waals surface area contributed by atoms with Crippen LogP contribution in [0.15, 0.2) is 0 Å². The molecule has 1 aliphatic rings. The van der Waals surface area contributed by atoms with Crippen LogP contribution in [0.5, 0.6) is 0 Å². The zero-order chi connectivity index (χ0) is 9.14. The number of rotatable bonds is 2. The molecule has 1 atom stereocenters. The van der Waals surface area contributed by atoms with Crippen molar-refractivity contribution in [2.45, 2.75) is 6.04 Å². The largest absolute Gasteiger partial charge is 0.361 e. The smallest absolute Gasteiger partial charge is 0.322 e. The van der Waals surface area contributed by atoms with E-state index in [-0.39, 0.29) is 5.75 Å². The molecule has 1 aliphatic heterocycles. The highest BCUT2D eigenvalue weighted by atomic mass is 32.2. The quantitative estimate of drug-likeness (QED) is 0.485. The number of hydrogen-bond donors (Lipinski definition) is 3. The van der Waals surface area contributed by atoms with E-state index in [2.05, 4.69) is 5.32 Å². The van der Waals surface area contributed by atoms with Gasteiger partial charge in [-0.2, -0.15) is 0 Å². The topological polar surface area (TPSA) is 101 Å². The Morgan fingerprint density at radius 2 is 2.25 bits per heavy atom. The number of hydrogen-bond acceptors (Lipinski definition) is 4. The Balaban J connectivity index is 2.38. The molecule has 0 radical (unpaired) electrons. The fourth-order valence-corrected chi connectivity index (χ4v) is 1.31. The highest BCUT2D eigenvalue weighted by Gasteiger charge is 2.29. The van der Waals surface area contributed by atoms with Crippen molar-refractivity contribution < 1.29 is 14.4 Å². The molecule has 66 valence electrons. The number of urea groups is 1. The van der Waals surface area contributed by atoms with Crippen molar-refractivity contribution in [3.63, 3.8) is 0 Å². The van der Waals surface area contributed by atoms with Crippen molar-refractivity contribution in [1.82, 2.24) is 10.6 Å². The number of thioether (sulfide) groups is 1. The fourth-order valence-electron chi connectivity index (χ4n) is 0.742. The summed E-state index contributed by atoms with van der Waals surface area (Å²) in [6.45, 7) is 0. The minimum Gasteiger partial charge on any atom is -0.361 e. The number of carbonyl (C=O) groups excluding carboxylic acids is 3. The van der Waals surface area contributed by atoms with Crippen LogP contribution >= 0.6 is 11.8 Å². The molecule has 7 heteroatoms. The summed E-state index contributed by atoms with van der Waals surface area (Å²) in [6, 6.07) is -1.18. The molecule has 0 aromatic heterocycles. The van der Waals surface area contributed by atoms with Gasteiger partial charge in [0.1, 0.15) is 6.04 Å². The number of nitrogens with two attached hydrogens (primary N) is 1. The van der Waals surface area contributed by atoms with Crippen LogP contribution in [-0.2, 0) is 4.79 Å². The molecule has 0 aliphatic carbocycles. The molecule has 1 fully saturated rings. The lowest BCUT2D eigenvalue weighted by Crippen LogP contribution is -2.32. The molecule has 0 bridgehead atoms. The lowest BCUT2D eigenvalue weighted by atomic mass is 10.3. The third kappa shape index (κ3) is 2.12. The zero-order valence-electron chi connectivity index (χ0n) is 5.99. The van der Waals surface area contributed by atoms with E-state index in [9.17, 15) is 14.4 Å². The van der Waals surface area contributed by atoms with Gasteiger partial charge in [0.2, 0.25) is 0 Å². The van der Waals surface area contributed by atoms with Gasteiger partial charge in [0.15, 0.2) is 0 Å². The van der Waals surface area contributed by atoms with E-state index in [1.807, 2.05) is 5.32 Å². The Labute approximate surface area is 72.2 Å². The average Bonchev–Trinajstić information content (AvgIpc) is 2.26. The Morgan fingerprint density at radius 1 is 1.58 bits per heavy atom. The van der Waals surface area contributed by atoms with E-state index in [1.165, 1.54) is 0 Å². The molecule has 0 unspecified atom stereocenters. The van der Waals surface area contributed by atoms with E-state index < -0.39 is 23.2 Å². The minimum atomic E-state index is -0.644. The SMILES string of the molecule is NC(=O)SC[C@@H]1NC(=O)NC1=O. The van der Waals surface area contributed by atoms with Crippen LogP contribution < -0.4 is 16.4 Å². The maximum atomic E-state index is 10.8. The predicted octanol–water partition coefficient (Wildman–Crippen LogP) is -0.994. The molecule has 4 N–H and O–H groups in total. The zero-order valence-corrected chi connectivity index (χ0v) is 6.81. The van der Waals surface area contributed by atoms with E-state index in [0.29, 0.717) is 0 Å². The summed E-state index contributed by atoms with van der Waals surface area (Å²) in [5.41, 5.74) is 4.83. The van der Waals surface area contributed by atoms with Crippen molar-refractivity contribution in [2.24, 2.45) is 5.73 Å². The van der Waals surface area contributed by atoms with Crippen LogP contribution in [0.4, 0.5) is 9.59 Å². The number of imide groups is 1. The second-order valence-corrected chi connectivity index (χ2v) is 3.17. The molecule has 0 saturated carbocycles. The Morgan fingerprint density at radius 3 is 2.67 bits per heavy atom. The molecule has 0 aromatic rings. The first-order chi connectivity index (χ1) is 5.59. The van der Waals surface area contributed by atoms with Gasteiger partial charge in [-0.25, -0.2) is 4.79 Å². The van der Waals surface area contributed by atoms with Gasteiger partial charge >= 0.3 is 6.03 Å². The molecular formula is C5H7N3O3S. The second kappa shape index (κ2) is 3.44. The second-order valence-electron chi connectivity index (χ2n) is 2.15. The molecule has 0 aromatic carbocycles. The summed E-state index contributed by atoms with van der Waals surface area (Å²) < 4.78 is 0. The van der Waals surface area contributed by atoms with Gasteiger partial charge < -0.3 is 11.1 Å². The normalized spacial score (nSPS) is 21.8. The van der Waals surface area contributed by atoms with Gasteiger partial charge in [-0.3, -0.25) is 14.9 Å². The first-order valence-electron chi connectivity index (χ1n) is 3.13. The van der Waals surface area contributed by atoms with E-state index >= 15 is 0 Å². The lowest BCUT2D eigenvalue weighted by molar-refractivity contribution is -0.119. The van der Waals surface area contributed by atoms with Crippen LogP contribution in [0, 0.1) is 0 Å². The summed E-state index contributed by atoms with van der Waals surface area (Å²) in [7, 11) is 0. The summed E-state index contributed by atoms with van der Waals surface area (Å²) in [5.74, 6) is -0.249. The van der Waals surface area contributed by atoms with Crippen molar-refractivity contribution >= 4 is 28.9 Å². The van der Waals surface area contributed by atoms with Gasteiger partial charge in [-0.15, -0.1) is 0 Å². The molecule has 1 rings (SSSR count). The molecule has 1 saturated heterocycles. The maximum Gasteiger partial charge on any atom is 0.322 e. The molecule has 6 nitrogen and oxygen atoms in total. The number of nitrogens with one attached hydrogen (secondary N) is 2. The first kappa shape index (κ1) is 8.85. The van der Waals surface area contributed by atoms with Crippen molar-refractivity contribution in [1.29, 1.82) is 0 Å². The number of amides is 4. The van der Waals surface area contributed by atoms with E-state index in [0.717, 1.165) is 11.8 Å². The van der Waals surface area contributed by atoms with Gasteiger partial charge in [-0.05, 0) is 0 Å². The summed E-state index contributed by atoms with van der Waals surface area (Å²) >= 11 is 0.798.